The van der Waals surface area contributed by atoms with Gasteiger partial charge in [0.25, 0.3) is 0 Å². The lowest BCUT2D eigenvalue weighted by atomic mass is 10.1. The van der Waals surface area contributed by atoms with Gasteiger partial charge in [-0.15, -0.1) is 0 Å². The van der Waals surface area contributed by atoms with Crippen LogP contribution in [0.3, 0.4) is 0 Å². The molecule has 0 aromatic heterocycles. The van der Waals surface area contributed by atoms with E-state index in [-0.39, 0.29) is 12.0 Å². The van der Waals surface area contributed by atoms with Gasteiger partial charge in [-0.1, -0.05) is 0 Å². The highest BCUT2D eigenvalue weighted by Crippen LogP contribution is 2.11. The van der Waals surface area contributed by atoms with Gasteiger partial charge in [0, 0.05) is 18.1 Å². The lowest BCUT2D eigenvalue weighted by Gasteiger charge is -2.35. The number of carbonyl (C=O) groups is 2. The van der Waals surface area contributed by atoms with Crippen LogP contribution in [0.15, 0.2) is 11.6 Å². The maximum atomic E-state index is 10.9. The summed E-state index contributed by atoms with van der Waals surface area (Å²) in [6, 6.07) is 0. The molecule has 0 atom stereocenters. The first-order chi connectivity index (χ1) is 7.90. The van der Waals surface area contributed by atoms with Crippen LogP contribution in [0.4, 0.5) is 0 Å². The summed E-state index contributed by atoms with van der Waals surface area (Å²) in [6.45, 7) is 9.62. The minimum atomic E-state index is -1.20. The van der Waals surface area contributed by atoms with E-state index in [1.807, 2.05) is 0 Å². The first-order valence-electron chi connectivity index (χ1n) is 5.92. The highest BCUT2D eigenvalue weighted by Gasteiger charge is 2.22. The van der Waals surface area contributed by atoms with Gasteiger partial charge in [-0.3, -0.25) is 0 Å². The van der Waals surface area contributed by atoms with Crippen LogP contribution in [-0.2, 0) is 9.59 Å². The molecule has 0 spiro atoms. The number of nitrogens with zero attached hydrogens (tertiary/aromatic N) is 1. The van der Waals surface area contributed by atoms with Crippen molar-refractivity contribution < 1.29 is 24.3 Å². The fourth-order valence-electron chi connectivity index (χ4n) is 1.89. The number of carboxylic acids is 2. The van der Waals surface area contributed by atoms with Crippen molar-refractivity contribution in [2.75, 3.05) is 26.2 Å². The maximum absolute atomic E-state index is 10.9. The Kier molecular flexibility index (Phi) is 6.50. The topological polar surface area (TPSA) is 74.6 Å². The zero-order chi connectivity index (χ0) is 13.5. The van der Waals surface area contributed by atoms with Crippen molar-refractivity contribution in [2.45, 2.75) is 27.2 Å². The van der Waals surface area contributed by atoms with Crippen molar-refractivity contribution in [3.8, 4) is 0 Å². The van der Waals surface area contributed by atoms with Gasteiger partial charge in [0.15, 0.2) is 0 Å². The Morgan fingerprint density at radius 1 is 1.06 bits per heavy atom. The second-order valence-electron chi connectivity index (χ2n) is 4.08. The molecule has 2 N–H and O–H groups in total. The van der Waals surface area contributed by atoms with Crippen molar-refractivity contribution in [2.24, 2.45) is 0 Å². The van der Waals surface area contributed by atoms with Gasteiger partial charge in [-0.25, -0.2) is 9.59 Å². The van der Waals surface area contributed by atoms with Crippen LogP contribution in [0.1, 0.15) is 27.2 Å². The Bertz CT molecular complexity index is 297. The Labute approximate surface area is 102 Å². The van der Waals surface area contributed by atoms with Gasteiger partial charge in [0.2, 0.25) is 0 Å². The van der Waals surface area contributed by atoms with Crippen molar-refractivity contribution in [3.05, 3.63) is 11.6 Å². The van der Waals surface area contributed by atoms with E-state index >= 15 is 0 Å². The number of quaternary nitrogens is 1. The fraction of sp³-hybridized carbons (Fsp3) is 0.667. The summed E-state index contributed by atoms with van der Waals surface area (Å²) in [5.74, 6) is -2.35. The summed E-state index contributed by atoms with van der Waals surface area (Å²) in [5, 5.41) is 17.5. The Balaban J connectivity index is 4.70. The van der Waals surface area contributed by atoms with E-state index in [4.69, 9.17) is 10.2 Å². The quantitative estimate of drug-likeness (QED) is 0.499. The van der Waals surface area contributed by atoms with E-state index in [2.05, 4.69) is 20.8 Å². The lowest BCUT2D eigenvalue weighted by Crippen LogP contribution is -2.48. The number of carboxylic acid groups (broad SMARTS) is 2. The summed E-state index contributed by atoms with van der Waals surface area (Å²) in [4.78, 5) is 21.4. The molecule has 0 aromatic carbocycles. The molecule has 0 aromatic rings. The van der Waals surface area contributed by atoms with E-state index in [1.54, 1.807) is 0 Å². The van der Waals surface area contributed by atoms with E-state index in [9.17, 15) is 9.59 Å². The summed E-state index contributed by atoms with van der Waals surface area (Å²) in [5.41, 5.74) is -0.0321. The standard InChI is InChI=1S/C12H21NO4/c1-4-13(5-2,6-3)8-7-10(12(16)17)9-11(14)15/h9H,4-8H2,1-3H3,(H-,14,15,16,17)/p+1. The summed E-state index contributed by atoms with van der Waals surface area (Å²) < 4.78 is 0.810. The minimum absolute atomic E-state index is 0.0321. The van der Waals surface area contributed by atoms with Crippen LogP contribution >= 0.6 is 0 Å². The first kappa shape index (κ1) is 15.6. The third kappa shape index (κ3) is 4.99. The van der Waals surface area contributed by atoms with Crippen molar-refractivity contribution in [1.82, 2.24) is 0 Å². The summed E-state index contributed by atoms with van der Waals surface area (Å²) in [6.07, 6.45) is 1.08. The second-order valence-corrected chi connectivity index (χ2v) is 4.08. The Morgan fingerprint density at radius 3 is 1.82 bits per heavy atom. The summed E-state index contributed by atoms with van der Waals surface area (Å²) in [7, 11) is 0. The highest BCUT2D eigenvalue weighted by molar-refractivity contribution is 5.94. The van der Waals surface area contributed by atoms with E-state index < -0.39 is 11.9 Å². The van der Waals surface area contributed by atoms with Crippen LogP contribution in [0, 0.1) is 0 Å². The molecule has 0 aliphatic heterocycles. The van der Waals surface area contributed by atoms with Gasteiger partial charge in [0.1, 0.15) is 0 Å². The summed E-state index contributed by atoms with van der Waals surface area (Å²) >= 11 is 0. The molecule has 0 saturated heterocycles. The van der Waals surface area contributed by atoms with Gasteiger partial charge >= 0.3 is 11.9 Å². The van der Waals surface area contributed by atoms with Gasteiger partial charge in [0.05, 0.1) is 26.2 Å². The molecule has 0 aliphatic carbocycles. The van der Waals surface area contributed by atoms with Crippen LogP contribution in [0.25, 0.3) is 0 Å². The van der Waals surface area contributed by atoms with Crippen molar-refractivity contribution >= 4 is 11.9 Å². The fourth-order valence-corrected chi connectivity index (χ4v) is 1.89. The third-order valence-corrected chi connectivity index (χ3v) is 3.44. The average Bonchev–Trinajstić information content (AvgIpc) is 2.29. The first-order valence-corrected chi connectivity index (χ1v) is 5.92. The monoisotopic (exact) mass is 244 g/mol. The second kappa shape index (κ2) is 7.06. The molecule has 17 heavy (non-hydrogen) atoms. The predicted molar refractivity (Wildman–Crippen MR) is 64.7 cm³/mol. The zero-order valence-electron chi connectivity index (χ0n) is 10.8. The predicted octanol–water partition coefficient (Wildman–Crippen LogP) is 1.35. The van der Waals surface area contributed by atoms with Gasteiger partial charge < -0.3 is 14.7 Å². The van der Waals surface area contributed by atoms with Crippen molar-refractivity contribution in [3.63, 3.8) is 0 Å². The number of hydrogen-bond donors (Lipinski definition) is 2. The SMILES string of the molecule is CC[N+](CC)(CC)CCC(=CC(=O)O)C(=O)O. The van der Waals surface area contributed by atoms with Crippen molar-refractivity contribution in [1.29, 1.82) is 0 Å². The normalized spacial score (nSPS) is 12.5. The molecule has 98 valence electrons. The molecule has 0 saturated carbocycles. The molecule has 0 radical (unpaired) electrons. The zero-order valence-corrected chi connectivity index (χ0v) is 10.8. The van der Waals surface area contributed by atoms with Gasteiger partial charge in [-0.2, -0.15) is 0 Å². The van der Waals surface area contributed by atoms with E-state index in [0.717, 1.165) is 30.2 Å². The van der Waals surface area contributed by atoms with Gasteiger partial charge in [-0.05, 0) is 20.8 Å². The molecular formula is C12H22NO4+. The largest absolute Gasteiger partial charge is 0.478 e. The van der Waals surface area contributed by atoms with E-state index in [0.29, 0.717) is 6.54 Å². The molecule has 0 fully saturated rings. The van der Waals surface area contributed by atoms with Crippen LogP contribution in [0.5, 0.6) is 0 Å². The third-order valence-electron chi connectivity index (χ3n) is 3.44. The molecular weight excluding hydrogens is 222 g/mol. The molecule has 0 rings (SSSR count). The molecule has 5 nitrogen and oxygen atoms in total. The number of hydrogen-bond acceptors (Lipinski definition) is 2. The Hall–Kier alpha value is -1.36. The lowest BCUT2D eigenvalue weighted by molar-refractivity contribution is -0.923. The molecule has 0 bridgehead atoms. The molecule has 0 unspecified atom stereocenters. The van der Waals surface area contributed by atoms with Crippen LogP contribution < -0.4 is 0 Å². The average molecular weight is 244 g/mol. The highest BCUT2D eigenvalue weighted by atomic mass is 16.4. The van der Waals surface area contributed by atoms with E-state index in [1.165, 1.54) is 0 Å². The van der Waals surface area contributed by atoms with Crippen LogP contribution in [0.2, 0.25) is 0 Å². The van der Waals surface area contributed by atoms with Crippen LogP contribution in [-0.4, -0.2) is 52.8 Å². The molecule has 0 amide bonds. The molecule has 5 heteroatoms. The number of aliphatic carboxylic acids is 2. The number of rotatable bonds is 8. The molecule has 0 aliphatic rings. The Morgan fingerprint density at radius 2 is 1.53 bits per heavy atom. The smallest absolute Gasteiger partial charge is 0.332 e. The minimum Gasteiger partial charge on any atom is -0.478 e. The maximum Gasteiger partial charge on any atom is 0.332 e. The molecule has 0 heterocycles.